The summed E-state index contributed by atoms with van der Waals surface area (Å²) in [6.07, 6.45) is 0. The lowest BCUT2D eigenvalue weighted by atomic mass is 9.90. The highest BCUT2D eigenvalue weighted by Gasteiger charge is 2.22. The standard InChI is InChI=1S/C62H38N2.C58H36N2/c1-2-13-45(14-3-1)63-59-20-10-8-18-53(59)57-36-40(26-32-61(57)63)41-27-33-62-58(37-41)54-19-9-11-21-60(54)64(62)46-28-31-49-44(35-46)23-22-42-34-43(25-29-48(42)49)55-38-56-47-15-5-4-12-39(47)24-30-52(56)50-16-6-7-17-51(50)55;1-2-13-43(14-3-1)59-55-20-10-8-18-49(55)53-34-39(26-30-57(53)59)40-27-31-58-54(35-40)50-19-9-11-21-56(50)60(58)44-28-24-37-22-23-41(32-42(37)33-44)51-36-52-45-15-5-4-12-38(45)25-29-48(52)46-16-6-7-17-47(46)51/h1-38H;1-36H. The summed E-state index contributed by atoms with van der Waals surface area (Å²) in [7, 11) is 0. The molecule has 0 amide bonds. The van der Waals surface area contributed by atoms with E-state index in [9.17, 15) is 0 Å². The van der Waals surface area contributed by atoms with E-state index < -0.39 is 0 Å². The molecule has 4 aromatic heterocycles. The second-order valence-corrected chi connectivity index (χ2v) is 33.4. The van der Waals surface area contributed by atoms with E-state index in [1.165, 1.54) is 240 Å². The van der Waals surface area contributed by atoms with E-state index in [0.29, 0.717) is 0 Å². The topological polar surface area (TPSA) is 19.7 Å². The van der Waals surface area contributed by atoms with Crippen LogP contribution in [0.2, 0.25) is 0 Å². The van der Waals surface area contributed by atoms with Gasteiger partial charge in [0.1, 0.15) is 0 Å². The van der Waals surface area contributed by atoms with E-state index in [1.807, 2.05) is 0 Å². The summed E-state index contributed by atoms with van der Waals surface area (Å²) >= 11 is 0. The van der Waals surface area contributed by atoms with Gasteiger partial charge in [0.05, 0.1) is 44.1 Å². The number of benzene rings is 23. The van der Waals surface area contributed by atoms with Gasteiger partial charge in [0.15, 0.2) is 0 Å². The molecule has 574 valence electrons. The largest absolute Gasteiger partial charge is 0.309 e. The van der Waals surface area contributed by atoms with Crippen molar-refractivity contribution in [3.8, 4) is 67.3 Å². The zero-order valence-electron chi connectivity index (χ0n) is 67.5. The molecular weight excluding hydrogens is 1500 g/mol. The van der Waals surface area contributed by atoms with Crippen molar-refractivity contribution in [3.05, 3.63) is 449 Å². The second-order valence-electron chi connectivity index (χ2n) is 33.4. The van der Waals surface area contributed by atoms with E-state index in [0.717, 1.165) is 11.4 Å². The number of hydrogen-bond acceptors (Lipinski definition) is 0. The third kappa shape index (κ3) is 10.8. The van der Waals surface area contributed by atoms with E-state index in [-0.39, 0.29) is 0 Å². The lowest BCUT2D eigenvalue weighted by molar-refractivity contribution is 1.18. The minimum absolute atomic E-state index is 1.16. The molecule has 4 heterocycles. The fourth-order valence-electron chi connectivity index (χ4n) is 21.0. The van der Waals surface area contributed by atoms with Crippen molar-refractivity contribution in [2.24, 2.45) is 0 Å². The molecular formula is C120H74N4. The summed E-state index contributed by atoms with van der Waals surface area (Å²) in [6.45, 7) is 0. The zero-order valence-corrected chi connectivity index (χ0v) is 67.5. The lowest BCUT2D eigenvalue weighted by Crippen LogP contribution is -1.94. The van der Waals surface area contributed by atoms with Gasteiger partial charge in [-0.1, -0.05) is 303 Å². The quantitative estimate of drug-likeness (QED) is 0.135. The van der Waals surface area contributed by atoms with Crippen LogP contribution in [0.5, 0.6) is 0 Å². The van der Waals surface area contributed by atoms with Crippen LogP contribution in [-0.2, 0) is 0 Å². The molecule has 0 radical (unpaired) electrons. The third-order valence-corrected chi connectivity index (χ3v) is 26.7. The predicted molar refractivity (Wildman–Crippen MR) is 530 cm³/mol. The Morgan fingerprint density at radius 1 is 0.105 bits per heavy atom. The molecule has 124 heavy (non-hydrogen) atoms. The van der Waals surface area contributed by atoms with Crippen molar-refractivity contribution >= 4 is 184 Å². The summed E-state index contributed by atoms with van der Waals surface area (Å²) in [5.41, 5.74) is 24.2. The van der Waals surface area contributed by atoms with Gasteiger partial charge >= 0.3 is 0 Å². The van der Waals surface area contributed by atoms with Crippen LogP contribution in [0.25, 0.3) is 251 Å². The van der Waals surface area contributed by atoms with Crippen molar-refractivity contribution < 1.29 is 0 Å². The Bertz CT molecular complexity index is 9190. The van der Waals surface area contributed by atoms with Gasteiger partial charge in [-0.2, -0.15) is 0 Å². The average molecular weight is 1570 g/mol. The number of hydrogen-bond donors (Lipinski definition) is 0. The van der Waals surface area contributed by atoms with Crippen molar-refractivity contribution in [2.45, 2.75) is 0 Å². The molecule has 4 nitrogen and oxygen atoms in total. The molecule has 27 rings (SSSR count). The van der Waals surface area contributed by atoms with E-state index in [4.69, 9.17) is 0 Å². The minimum Gasteiger partial charge on any atom is -0.309 e. The molecule has 0 saturated heterocycles. The maximum absolute atomic E-state index is 2.44. The van der Waals surface area contributed by atoms with Crippen molar-refractivity contribution in [1.29, 1.82) is 0 Å². The second kappa shape index (κ2) is 27.6. The Balaban J connectivity index is 0.000000133. The lowest BCUT2D eigenvalue weighted by Gasteiger charge is -2.14. The normalized spacial score (nSPS) is 12.0. The summed E-state index contributed by atoms with van der Waals surface area (Å²) in [5, 5.41) is 32.9. The van der Waals surface area contributed by atoms with Crippen LogP contribution in [0, 0.1) is 0 Å². The van der Waals surface area contributed by atoms with Gasteiger partial charge in [-0.05, 0) is 287 Å². The van der Waals surface area contributed by atoms with Crippen LogP contribution >= 0.6 is 0 Å². The molecule has 4 heteroatoms. The fraction of sp³-hybridized carbons (Fsp3) is 0. The Morgan fingerprint density at radius 2 is 0.363 bits per heavy atom. The van der Waals surface area contributed by atoms with Crippen molar-refractivity contribution in [2.75, 3.05) is 0 Å². The van der Waals surface area contributed by atoms with Crippen LogP contribution in [0.15, 0.2) is 449 Å². The van der Waals surface area contributed by atoms with Crippen molar-refractivity contribution in [1.82, 2.24) is 18.3 Å². The van der Waals surface area contributed by atoms with Crippen LogP contribution < -0.4 is 0 Å². The van der Waals surface area contributed by atoms with Crippen LogP contribution in [0.1, 0.15) is 0 Å². The minimum atomic E-state index is 1.16. The van der Waals surface area contributed by atoms with Gasteiger partial charge in [0.2, 0.25) is 0 Å². The van der Waals surface area contributed by atoms with Gasteiger partial charge in [0.25, 0.3) is 0 Å². The third-order valence-electron chi connectivity index (χ3n) is 26.7. The summed E-state index contributed by atoms with van der Waals surface area (Å²) in [6, 6.07) is 166. The highest BCUT2D eigenvalue weighted by atomic mass is 15.0. The summed E-state index contributed by atoms with van der Waals surface area (Å²) in [4.78, 5) is 0. The van der Waals surface area contributed by atoms with E-state index in [1.54, 1.807) is 0 Å². The van der Waals surface area contributed by atoms with Gasteiger partial charge in [-0.15, -0.1) is 0 Å². The molecule has 27 aromatic rings. The predicted octanol–water partition coefficient (Wildman–Crippen LogP) is 32.8. The molecule has 0 spiro atoms. The Labute approximate surface area is 713 Å². The molecule has 0 unspecified atom stereocenters. The maximum atomic E-state index is 2.44. The van der Waals surface area contributed by atoms with E-state index >= 15 is 0 Å². The molecule has 0 N–H and O–H groups in total. The monoisotopic (exact) mass is 1570 g/mol. The molecule has 23 aromatic carbocycles. The molecule has 0 aliphatic carbocycles. The first-order valence-corrected chi connectivity index (χ1v) is 42.9. The molecule has 0 aliphatic rings. The van der Waals surface area contributed by atoms with Crippen LogP contribution in [-0.4, -0.2) is 18.3 Å². The Hall–Kier alpha value is -16.4. The number of aromatic nitrogens is 4. The number of nitrogens with zero attached hydrogens (tertiary/aromatic N) is 4. The summed E-state index contributed by atoms with van der Waals surface area (Å²) in [5.74, 6) is 0. The summed E-state index contributed by atoms with van der Waals surface area (Å²) < 4.78 is 9.63. The van der Waals surface area contributed by atoms with Gasteiger partial charge in [0, 0.05) is 65.8 Å². The maximum Gasteiger partial charge on any atom is 0.0541 e. The zero-order chi connectivity index (χ0) is 81.2. The Morgan fingerprint density at radius 3 is 0.790 bits per heavy atom. The van der Waals surface area contributed by atoms with Crippen molar-refractivity contribution in [3.63, 3.8) is 0 Å². The molecule has 0 bridgehead atoms. The molecule has 0 atom stereocenters. The smallest absolute Gasteiger partial charge is 0.0541 e. The molecule has 0 fully saturated rings. The Kier molecular flexibility index (Phi) is 15.5. The fourth-order valence-corrected chi connectivity index (χ4v) is 21.0. The highest BCUT2D eigenvalue weighted by Crippen LogP contribution is 2.47. The SMILES string of the molecule is c1ccc(-n2c3ccccc3c3cc(-c4ccc5c(c4)c4ccccc4n5-c4ccc5c(ccc6cc(-c7cc8c9ccccc9ccc8c8ccccc78)ccc65)c4)ccc32)cc1.c1ccc(-n2c3ccccc3c3cc(-c4ccc5c(c4)c4ccccc4n5-c4ccc5ccc(-c6cc7c8ccccc8ccc7c7ccccc67)cc5c4)ccc32)cc1. The average Bonchev–Trinajstić information content (AvgIpc) is 1.06. The van der Waals surface area contributed by atoms with E-state index in [2.05, 4.69) is 467 Å². The van der Waals surface area contributed by atoms with Gasteiger partial charge < -0.3 is 18.3 Å². The highest BCUT2D eigenvalue weighted by molar-refractivity contribution is 6.24. The van der Waals surface area contributed by atoms with Gasteiger partial charge in [-0.25, -0.2) is 0 Å². The van der Waals surface area contributed by atoms with Crippen LogP contribution in [0.3, 0.4) is 0 Å². The number of fused-ring (bicyclic) bond motifs is 26. The number of para-hydroxylation sites is 6. The first-order chi connectivity index (χ1) is 61.5. The first-order valence-electron chi connectivity index (χ1n) is 42.9. The number of rotatable bonds is 8. The van der Waals surface area contributed by atoms with Gasteiger partial charge in [-0.3, -0.25) is 0 Å². The molecule has 0 aliphatic heterocycles. The van der Waals surface area contributed by atoms with Crippen LogP contribution in [0.4, 0.5) is 0 Å². The first kappa shape index (κ1) is 69.5. The molecule has 0 saturated carbocycles.